The molecule has 7 nitrogen and oxygen atoms in total. The monoisotopic (exact) mass is 409 g/mol. The largest absolute Gasteiger partial charge is 0.497 e. The highest BCUT2D eigenvalue weighted by atomic mass is 35.5. The summed E-state index contributed by atoms with van der Waals surface area (Å²) in [5.41, 5.74) is 0.369. The number of aliphatic hydroxyl groups is 1. The van der Waals surface area contributed by atoms with Crippen molar-refractivity contribution < 1.29 is 22.4 Å². The van der Waals surface area contributed by atoms with Crippen molar-refractivity contribution in [1.29, 1.82) is 0 Å². The third-order valence-corrected chi connectivity index (χ3v) is 4.65. The number of rotatable bonds is 5. The van der Waals surface area contributed by atoms with Crippen LogP contribution in [0.15, 0.2) is 47.4 Å². The van der Waals surface area contributed by atoms with Gasteiger partial charge in [0.2, 0.25) is 0 Å². The predicted octanol–water partition coefficient (Wildman–Crippen LogP) is 2.48. The molecule has 1 N–H and O–H groups in total. The Hall–Kier alpha value is -2.55. The maximum Gasteiger partial charge on any atom is 0.306 e. The summed E-state index contributed by atoms with van der Waals surface area (Å²) in [5, 5.41) is 9.91. The topological polar surface area (TPSA) is 94.8 Å². The lowest BCUT2D eigenvalue weighted by molar-refractivity contribution is 0.281. The van der Waals surface area contributed by atoms with Crippen molar-refractivity contribution in [3.05, 3.63) is 63.5 Å². The van der Waals surface area contributed by atoms with E-state index in [4.69, 9.17) is 20.5 Å². The van der Waals surface area contributed by atoms with Crippen LogP contribution in [0.4, 0.5) is 0 Å². The molecule has 1 aromatic heterocycles. The van der Waals surface area contributed by atoms with Gasteiger partial charge in [-0.1, -0.05) is 11.6 Å². The van der Waals surface area contributed by atoms with Crippen LogP contribution in [0.5, 0.6) is 11.5 Å². The van der Waals surface area contributed by atoms with Gasteiger partial charge in [0.1, 0.15) is 5.75 Å². The molecule has 9 heteroatoms. The number of fused-ring (bicyclic) bond motifs is 1. The van der Waals surface area contributed by atoms with E-state index in [1.54, 1.807) is 24.3 Å². The van der Waals surface area contributed by atoms with Crippen molar-refractivity contribution in [1.82, 2.24) is 4.57 Å². The van der Waals surface area contributed by atoms with Crippen LogP contribution in [0, 0.1) is 0 Å². The van der Waals surface area contributed by atoms with Gasteiger partial charge < -0.3 is 14.0 Å². The van der Waals surface area contributed by atoms with Crippen LogP contribution in [0.3, 0.4) is 0 Å². The number of ether oxygens (including phenoxy) is 1. The van der Waals surface area contributed by atoms with Gasteiger partial charge in [-0.15, -0.1) is 0 Å². The molecule has 0 amide bonds. The van der Waals surface area contributed by atoms with Gasteiger partial charge in [0, 0.05) is 17.3 Å². The second-order valence-corrected chi connectivity index (χ2v) is 7.79. The highest BCUT2D eigenvalue weighted by Crippen LogP contribution is 2.31. The molecule has 142 valence electrons. The van der Waals surface area contributed by atoms with Gasteiger partial charge in [0.05, 0.1) is 30.4 Å². The number of pyridine rings is 1. The van der Waals surface area contributed by atoms with Crippen molar-refractivity contribution in [3.8, 4) is 17.2 Å². The maximum atomic E-state index is 13.1. The third kappa shape index (κ3) is 3.92. The van der Waals surface area contributed by atoms with Crippen molar-refractivity contribution >= 4 is 32.5 Å². The van der Waals surface area contributed by atoms with Gasteiger partial charge in [-0.3, -0.25) is 9.36 Å². The highest BCUT2D eigenvalue weighted by molar-refractivity contribution is 7.86. The predicted molar refractivity (Wildman–Crippen MR) is 103 cm³/mol. The Morgan fingerprint density at radius 2 is 1.85 bits per heavy atom. The standard InChI is InChI=1S/C18H16ClNO6S/c1-25-13-5-3-12(4-6-13)20-9-15(19)14-7-11(10-21)8-16(17(14)18(20)22)26-27(2,23)24/h3-9,21H,10H2,1-2H3. The Labute approximate surface area is 160 Å². The first kappa shape index (κ1) is 19.2. The first-order chi connectivity index (χ1) is 12.7. The maximum absolute atomic E-state index is 13.1. The van der Waals surface area contributed by atoms with E-state index in [0.717, 1.165) is 6.26 Å². The fraction of sp³-hybridized carbons (Fsp3) is 0.167. The van der Waals surface area contributed by atoms with Crippen LogP contribution < -0.4 is 14.5 Å². The average molecular weight is 410 g/mol. The summed E-state index contributed by atoms with van der Waals surface area (Å²) in [7, 11) is -2.37. The van der Waals surface area contributed by atoms with E-state index in [-0.39, 0.29) is 28.2 Å². The number of nitrogens with zero attached hydrogens (tertiary/aromatic N) is 1. The van der Waals surface area contributed by atoms with Gasteiger partial charge in [-0.2, -0.15) is 8.42 Å². The normalized spacial score (nSPS) is 11.6. The summed E-state index contributed by atoms with van der Waals surface area (Å²) in [6.07, 6.45) is 2.30. The summed E-state index contributed by atoms with van der Waals surface area (Å²) >= 11 is 6.34. The minimum absolute atomic E-state index is 0.000873. The molecule has 1 heterocycles. The molecule has 0 bridgehead atoms. The molecule has 0 radical (unpaired) electrons. The van der Waals surface area contributed by atoms with E-state index in [0.29, 0.717) is 17.0 Å². The van der Waals surface area contributed by atoms with E-state index in [9.17, 15) is 18.3 Å². The van der Waals surface area contributed by atoms with E-state index in [2.05, 4.69) is 0 Å². The molecule has 2 aromatic carbocycles. The van der Waals surface area contributed by atoms with Gasteiger partial charge >= 0.3 is 10.1 Å². The second kappa shape index (κ2) is 7.22. The average Bonchev–Trinajstić information content (AvgIpc) is 2.63. The zero-order chi connectivity index (χ0) is 19.8. The first-order valence-electron chi connectivity index (χ1n) is 7.76. The number of halogens is 1. The molecule has 0 aliphatic rings. The molecule has 0 saturated heterocycles. The molecule has 0 aliphatic heterocycles. The number of benzene rings is 2. The van der Waals surface area contributed by atoms with E-state index in [1.807, 2.05) is 0 Å². The first-order valence-corrected chi connectivity index (χ1v) is 9.95. The van der Waals surface area contributed by atoms with Gasteiger partial charge in [-0.05, 0) is 42.0 Å². The summed E-state index contributed by atoms with van der Waals surface area (Å²) in [6.45, 7) is -0.367. The molecule has 0 aliphatic carbocycles. The second-order valence-electron chi connectivity index (χ2n) is 5.81. The lowest BCUT2D eigenvalue weighted by Gasteiger charge is -2.13. The Morgan fingerprint density at radius 3 is 2.41 bits per heavy atom. The Morgan fingerprint density at radius 1 is 1.19 bits per heavy atom. The summed E-state index contributed by atoms with van der Waals surface area (Å²) in [4.78, 5) is 13.1. The fourth-order valence-electron chi connectivity index (χ4n) is 2.70. The van der Waals surface area contributed by atoms with Crippen LogP contribution in [-0.2, 0) is 16.7 Å². The van der Waals surface area contributed by atoms with Crippen molar-refractivity contribution in [2.75, 3.05) is 13.4 Å². The van der Waals surface area contributed by atoms with Crippen LogP contribution in [0.25, 0.3) is 16.5 Å². The minimum Gasteiger partial charge on any atom is -0.497 e. The Balaban J connectivity index is 2.34. The summed E-state index contributed by atoms with van der Waals surface area (Å²) < 4.78 is 34.6. The van der Waals surface area contributed by atoms with Crippen LogP contribution in [0.2, 0.25) is 5.02 Å². The molecule has 27 heavy (non-hydrogen) atoms. The molecule has 0 fully saturated rings. The lowest BCUT2D eigenvalue weighted by Crippen LogP contribution is -2.20. The van der Waals surface area contributed by atoms with Crippen LogP contribution in [0.1, 0.15) is 5.56 Å². The zero-order valence-electron chi connectivity index (χ0n) is 14.5. The third-order valence-electron chi connectivity index (χ3n) is 3.87. The van der Waals surface area contributed by atoms with Gasteiger partial charge in [0.15, 0.2) is 5.75 Å². The van der Waals surface area contributed by atoms with E-state index >= 15 is 0 Å². The number of hydrogen-bond donors (Lipinski definition) is 1. The lowest BCUT2D eigenvalue weighted by atomic mass is 10.1. The van der Waals surface area contributed by atoms with Crippen molar-refractivity contribution in [2.24, 2.45) is 0 Å². The number of hydrogen-bond acceptors (Lipinski definition) is 6. The molecular weight excluding hydrogens is 394 g/mol. The molecule has 3 aromatic rings. The molecular formula is C18H16ClNO6S. The van der Waals surface area contributed by atoms with Crippen LogP contribution >= 0.6 is 11.6 Å². The molecule has 0 atom stereocenters. The summed E-state index contributed by atoms with van der Waals surface area (Å²) in [6, 6.07) is 9.53. The number of methoxy groups -OCH3 is 1. The van der Waals surface area contributed by atoms with Crippen molar-refractivity contribution in [3.63, 3.8) is 0 Å². The molecule has 3 rings (SSSR count). The minimum atomic E-state index is -3.90. The zero-order valence-corrected chi connectivity index (χ0v) is 16.0. The number of aliphatic hydroxyl groups excluding tert-OH is 1. The molecule has 0 unspecified atom stereocenters. The van der Waals surface area contributed by atoms with Gasteiger partial charge in [0.25, 0.3) is 5.56 Å². The summed E-state index contributed by atoms with van der Waals surface area (Å²) in [5.74, 6) is 0.432. The molecule has 0 saturated carbocycles. The van der Waals surface area contributed by atoms with Crippen molar-refractivity contribution in [2.45, 2.75) is 6.61 Å². The Bertz CT molecular complexity index is 1170. The van der Waals surface area contributed by atoms with Crippen LogP contribution in [-0.4, -0.2) is 31.5 Å². The smallest absolute Gasteiger partial charge is 0.306 e. The molecule has 0 spiro atoms. The highest BCUT2D eigenvalue weighted by Gasteiger charge is 2.18. The number of aromatic nitrogens is 1. The fourth-order valence-corrected chi connectivity index (χ4v) is 3.40. The Kier molecular flexibility index (Phi) is 5.14. The quantitative estimate of drug-likeness (QED) is 0.650. The van der Waals surface area contributed by atoms with Gasteiger partial charge in [-0.25, -0.2) is 0 Å². The van der Waals surface area contributed by atoms with E-state index in [1.165, 1.54) is 30.0 Å². The van der Waals surface area contributed by atoms with E-state index < -0.39 is 15.7 Å². The SMILES string of the molecule is COc1ccc(-n2cc(Cl)c3cc(CO)cc(OS(C)(=O)=O)c3c2=O)cc1.